The highest BCUT2D eigenvalue weighted by molar-refractivity contribution is 5.76. The fraction of sp³-hybridized carbons (Fsp3) is 0.593. The van der Waals surface area contributed by atoms with Gasteiger partial charge in [0.05, 0.1) is 17.3 Å². The highest BCUT2D eigenvalue weighted by Gasteiger charge is 2.43. The van der Waals surface area contributed by atoms with E-state index in [1.807, 2.05) is 42.9 Å². The summed E-state index contributed by atoms with van der Waals surface area (Å²) in [5.74, 6) is -0.105. The van der Waals surface area contributed by atoms with E-state index in [1.54, 1.807) is 12.3 Å². The van der Waals surface area contributed by atoms with E-state index in [0.29, 0.717) is 18.7 Å². The summed E-state index contributed by atoms with van der Waals surface area (Å²) in [6.07, 6.45) is 1.28. The van der Waals surface area contributed by atoms with Crippen molar-refractivity contribution in [2.45, 2.75) is 78.4 Å². The number of rotatable bonds is 10. The molecule has 0 saturated heterocycles. The molecule has 38 heavy (non-hydrogen) atoms. The topological polar surface area (TPSA) is 115 Å². The monoisotopic (exact) mass is 534 g/mol. The molecule has 2 aromatic heterocycles. The first-order valence-corrected chi connectivity index (χ1v) is 13.1. The molecular formula is C27H37F3N6O2. The first kappa shape index (κ1) is 31.0. The summed E-state index contributed by atoms with van der Waals surface area (Å²) in [5.41, 5.74) is -0.620. The number of hydrogen-bond donors (Lipinski definition) is 2. The second kappa shape index (κ2) is 14.6. The lowest BCUT2D eigenvalue weighted by atomic mass is 10.0. The fourth-order valence-electron chi connectivity index (χ4n) is 4.48. The Hall–Kier alpha value is -3.26. The minimum atomic E-state index is -4.72. The zero-order valence-corrected chi connectivity index (χ0v) is 22.5. The van der Waals surface area contributed by atoms with Gasteiger partial charge in [0.15, 0.2) is 0 Å². The number of fused-ring (bicyclic) bond motifs is 1. The Morgan fingerprint density at radius 3 is 2.55 bits per heavy atom. The summed E-state index contributed by atoms with van der Waals surface area (Å²) >= 11 is 0. The SMILES string of the molecule is CCCCCN(CCC)C(=O)CCNC1c2n[nH]c(=O)c(C(F)(F)F)c2CC1C.Cc1ccc(C#N)cn1. The second-order valence-electron chi connectivity index (χ2n) is 9.54. The van der Waals surface area contributed by atoms with Crippen molar-refractivity contribution in [3.63, 3.8) is 0 Å². The van der Waals surface area contributed by atoms with Crippen molar-refractivity contribution in [3.05, 3.63) is 56.8 Å². The minimum Gasteiger partial charge on any atom is -0.343 e. The predicted octanol–water partition coefficient (Wildman–Crippen LogP) is 4.69. The van der Waals surface area contributed by atoms with Crippen molar-refractivity contribution in [2.75, 3.05) is 19.6 Å². The van der Waals surface area contributed by atoms with Crippen molar-refractivity contribution in [3.8, 4) is 6.07 Å². The molecule has 0 radical (unpaired) electrons. The Morgan fingerprint density at radius 2 is 1.97 bits per heavy atom. The zero-order chi connectivity index (χ0) is 28.3. The summed E-state index contributed by atoms with van der Waals surface area (Å²) in [6.45, 7) is 9.65. The van der Waals surface area contributed by atoms with Crippen molar-refractivity contribution in [1.82, 2.24) is 25.4 Å². The van der Waals surface area contributed by atoms with Crippen molar-refractivity contribution in [1.29, 1.82) is 5.26 Å². The molecule has 0 saturated carbocycles. The van der Waals surface area contributed by atoms with E-state index < -0.39 is 23.3 Å². The van der Waals surface area contributed by atoms with Gasteiger partial charge in [-0.15, -0.1) is 0 Å². The summed E-state index contributed by atoms with van der Waals surface area (Å²) in [5, 5.41) is 17.4. The van der Waals surface area contributed by atoms with E-state index in [9.17, 15) is 22.8 Å². The quantitative estimate of drug-likeness (QED) is 0.428. The minimum absolute atomic E-state index is 0.0373. The number of carbonyl (C=O) groups is 1. The number of aromatic amines is 1. The predicted molar refractivity (Wildman–Crippen MR) is 138 cm³/mol. The third-order valence-electron chi connectivity index (χ3n) is 6.41. The number of nitrogens with one attached hydrogen (secondary N) is 2. The molecule has 0 bridgehead atoms. The van der Waals surface area contributed by atoms with Crippen LogP contribution in [0.25, 0.3) is 0 Å². The van der Waals surface area contributed by atoms with Gasteiger partial charge >= 0.3 is 6.18 Å². The van der Waals surface area contributed by atoms with E-state index in [4.69, 9.17) is 5.26 Å². The lowest BCUT2D eigenvalue weighted by molar-refractivity contribution is -0.139. The molecule has 11 heteroatoms. The molecule has 2 heterocycles. The molecule has 2 atom stereocenters. The van der Waals surface area contributed by atoms with Crippen LogP contribution < -0.4 is 10.9 Å². The number of amides is 1. The number of halogens is 3. The highest BCUT2D eigenvalue weighted by atomic mass is 19.4. The largest absolute Gasteiger partial charge is 0.422 e. The van der Waals surface area contributed by atoms with E-state index >= 15 is 0 Å². The van der Waals surface area contributed by atoms with Gasteiger partial charge in [-0.1, -0.05) is 33.6 Å². The molecule has 0 spiro atoms. The Morgan fingerprint density at radius 1 is 1.24 bits per heavy atom. The first-order valence-electron chi connectivity index (χ1n) is 13.1. The number of nitrogens with zero attached hydrogens (tertiary/aromatic N) is 4. The van der Waals surface area contributed by atoms with Gasteiger partial charge in [0.2, 0.25) is 5.91 Å². The van der Waals surface area contributed by atoms with Crippen LogP contribution in [-0.2, 0) is 17.4 Å². The van der Waals surface area contributed by atoms with Crippen LogP contribution in [0.5, 0.6) is 0 Å². The molecule has 0 aromatic carbocycles. The van der Waals surface area contributed by atoms with Gasteiger partial charge in [0.1, 0.15) is 11.6 Å². The molecular weight excluding hydrogens is 497 g/mol. The Kier molecular flexibility index (Phi) is 11.9. The van der Waals surface area contributed by atoms with Gasteiger partial charge in [-0.3, -0.25) is 14.6 Å². The van der Waals surface area contributed by atoms with Gasteiger partial charge in [0, 0.05) is 37.9 Å². The Bertz CT molecular complexity index is 1140. The number of hydrogen-bond acceptors (Lipinski definition) is 6. The number of H-pyrrole nitrogens is 1. The van der Waals surface area contributed by atoms with Crippen LogP contribution in [0.4, 0.5) is 13.2 Å². The summed E-state index contributed by atoms with van der Waals surface area (Å²) < 4.78 is 39.9. The number of pyridine rings is 1. The third kappa shape index (κ3) is 8.65. The highest BCUT2D eigenvalue weighted by Crippen LogP contribution is 2.39. The van der Waals surface area contributed by atoms with Crippen LogP contribution in [0.3, 0.4) is 0 Å². The molecule has 8 nitrogen and oxygen atoms in total. The van der Waals surface area contributed by atoms with E-state index in [2.05, 4.69) is 22.3 Å². The zero-order valence-electron chi connectivity index (χ0n) is 22.5. The molecule has 1 aliphatic carbocycles. The number of unbranched alkanes of at least 4 members (excludes halogenated alkanes) is 2. The summed E-state index contributed by atoms with van der Waals surface area (Å²) in [4.78, 5) is 30.0. The summed E-state index contributed by atoms with van der Waals surface area (Å²) in [7, 11) is 0. The molecule has 3 rings (SSSR count). The lowest BCUT2D eigenvalue weighted by Gasteiger charge is -2.23. The van der Waals surface area contributed by atoms with E-state index in [0.717, 1.165) is 37.9 Å². The standard InChI is InChI=1S/C20H31F3N4O2.C7H6N2/c1-4-6-7-11-27(10-5-2)15(28)8-9-24-17-13(3)12-14-16(20(21,22)23)19(29)26-25-18(14)17;1-6-2-3-7(4-8)5-9-6/h13,17,24H,4-12H2,1-3H3,(H,26,29);2-3,5H,1H3. The van der Waals surface area contributed by atoms with Crippen molar-refractivity contribution in [2.24, 2.45) is 5.92 Å². The lowest BCUT2D eigenvalue weighted by Crippen LogP contribution is -2.36. The number of aryl methyl sites for hydroxylation is 1. The van der Waals surface area contributed by atoms with Crippen LogP contribution in [0.1, 0.15) is 87.0 Å². The van der Waals surface area contributed by atoms with Crippen molar-refractivity contribution >= 4 is 5.91 Å². The van der Waals surface area contributed by atoms with Gasteiger partial charge in [-0.05, 0) is 49.8 Å². The normalized spacial score (nSPS) is 16.3. The average molecular weight is 535 g/mol. The van der Waals surface area contributed by atoms with Crippen LogP contribution in [0, 0.1) is 24.2 Å². The number of alkyl halides is 3. The maximum Gasteiger partial charge on any atom is 0.422 e. The Balaban J connectivity index is 0.000000474. The third-order valence-corrected chi connectivity index (χ3v) is 6.41. The van der Waals surface area contributed by atoms with Crippen LogP contribution in [0.2, 0.25) is 0 Å². The maximum atomic E-state index is 13.3. The van der Waals surface area contributed by atoms with Gasteiger partial charge in [0.25, 0.3) is 5.56 Å². The Labute approximate surface area is 221 Å². The number of nitriles is 1. The molecule has 1 amide bonds. The van der Waals surface area contributed by atoms with Crippen LogP contribution in [-0.4, -0.2) is 45.6 Å². The van der Waals surface area contributed by atoms with Gasteiger partial charge < -0.3 is 10.2 Å². The number of carbonyl (C=O) groups excluding carboxylic acids is 1. The van der Waals surface area contributed by atoms with E-state index in [1.165, 1.54) is 0 Å². The smallest absolute Gasteiger partial charge is 0.343 e. The van der Waals surface area contributed by atoms with E-state index in [-0.39, 0.29) is 35.9 Å². The fourth-order valence-corrected chi connectivity index (χ4v) is 4.48. The molecule has 2 aromatic rings. The van der Waals surface area contributed by atoms with Gasteiger partial charge in [-0.25, -0.2) is 5.10 Å². The molecule has 0 fully saturated rings. The van der Waals surface area contributed by atoms with Crippen LogP contribution >= 0.6 is 0 Å². The summed E-state index contributed by atoms with van der Waals surface area (Å²) in [6, 6.07) is 5.14. The van der Waals surface area contributed by atoms with Crippen molar-refractivity contribution < 1.29 is 18.0 Å². The number of aromatic nitrogens is 3. The maximum absolute atomic E-state index is 13.3. The average Bonchev–Trinajstić information content (AvgIpc) is 3.18. The molecule has 1 aliphatic rings. The second-order valence-corrected chi connectivity index (χ2v) is 9.54. The van der Waals surface area contributed by atoms with Crippen LogP contribution in [0.15, 0.2) is 23.1 Å². The molecule has 2 N–H and O–H groups in total. The molecule has 2 unspecified atom stereocenters. The van der Waals surface area contributed by atoms with Gasteiger partial charge in [-0.2, -0.15) is 23.5 Å². The molecule has 0 aliphatic heterocycles. The first-order chi connectivity index (χ1) is 18.0. The molecule has 208 valence electrons.